The number of carbonyl (C=O) groups excluding carboxylic acids is 6. The van der Waals surface area contributed by atoms with Crippen LogP contribution in [0.4, 0.5) is 0 Å². The van der Waals surface area contributed by atoms with Crippen molar-refractivity contribution in [2.24, 2.45) is 32.5 Å². The SMILES string of the molecule is CC(CO)(CO)C(=O)OCC(C)(COC(=O)C(C)(CO)CO)C(=O)OCCOC(=O)C(C)(COC(=O)C(C)(CO)CO)COC(=O)C(C)(CO)CO.[U].[U].[U].[U].[U].[U].[U].[U]. The van der Waals surface area contributed by atoms with Gasteiger partial charge in [0.1, 0.15) is 72.1 Å². The van der Waals surface area contributed by atoms with E-state index in [0.29, 0.717) is 0 Å². The van der Waals surface area contributed by atoms with E-state index in [1.165, 1.54) is 27.7 Å². The fourth-order valence-electron chi connectivity index (χ4n) is 3.25. The van der Waals surface area contributed by atoms with Crippen LogP contribution in [0.15, 0.2) is 0 Å². The van der Waals surface area contributed by atoms with Gasteiger partial charge in [0.25, 0.3) is 0 Å². The summed E-state index contributed by atoms with van der Waals surface area (Å²) >= 11 is 0. The van der Waals surface area contributed by atoms with E-state index in [1.54, 1.807) is 0 Å². The zero-order valence-electron chi connectivity index (χ0n) is 34.4. The molecule has 0 aromatic carbocycles. The van der Waals surface area contributed by atoms with E-state index in [0.717, 1.165) is 13.8 Å². The first-order chi connectivity index (χ1) is 24.0. The van der Waals surface area contributed by atoms with Gasteiger partial charge in [-0.3, -0.25) is 28.8 Å². The largest absolute Gasteiger partial charge is 0.464 e. The maximum atomic E-state index is 13.2. The summed E-state index contributed by atoms with van der Waals surface area (Å²) in [6.07, 6.45) is 0. The number of rotatable bonds is 25. The molecule has 0 amide bonds. The predicted molar refractivity (Wildman–Crippen MR) is 171 cm³/mol. The van der Waals surface area contributed by atoms with E-state index in [1.807, 2.05) is 0 Å². The van der Waals surface area contributed by atoms with Crippen LogP contribution in [0.3, 0.4) is 0 Å². The van der Waals surface area contributed by atoms with E-state index in [-0.39, 0.29) is 249 Å². The molecule has 20 nitrogen and oxygen atoms in total. The number of ether oxygens (including phenoxy) is 6. The molecule has 0 atom stereocenters. The molecule has 0 aromatic heterocycles. The van der Waals surface area contributed by atoms with Crippen molar-refractivity contribution in [2.75, 3.05) is 92.5 Å². The number of aliphatic hydroxyl groups is 8. The third kappa shape index (κ3) is 26.2. The zero-order chi connectivity index (χ0) is 40.6. The van der Waals surface area contributed by atoms with Crippen LogP contribution in [0.25, 0.3) is 0 Å². The Morgan fingerprint density at radius 1 is 0.283 bits per heavy atom. The molecule has 8 N–H and O–H groups in total. The summed E-state index contributed by atoms with van der Waals surface area (Å²) in [5, 5.41) is 76.0. The quantitative estimate of drug-likeness (QED) is 0.0247. The van der Waals surface area contributed by atoms with Gasteiger partial charge < -0.3 is 69.3 Å². The summed E-state index contributed by atoms with van der Waals surface area (Å²) in [6, 6.07) is 0. The Bertz CT molecular complexity index is 1070. The molecule has 60 heavy (non-hydrogen) atoms. The van der Waals surface area contributed by atoms with Gasteiger partial charge in [-0.2, -0.15) is 0 Å². The first-order valence-electron chi connectivity index (χ1n) is 16.0. The Kier molecular flexibility index (Phi) is 57.4. The molecule has 0 aliphatic carbocycles. The van der Waals surface area contributed by atoms with Gasteiger partial charge in [0.2, 0.25) is 0 Å². The van der Waals surface area contributed by atoms with E-state index < -0.39 is 161 Å². The Morgan fingerprint density at radius 3 is 0.550 bits per heavy atom. The molecule has 0 unspecified atom stereocenters. The van der Waals surface area contributed by atoms with Crippen LogP contribution in [0.5, 0.6) is 0 Å². The Balaban J connectivity index is -0.000000464. The number of aliphatic hydroxyl groups excluding tert-OH is 8. The number of hydrogen-bond acceptors (Lipinski definition) is 20. The molecule has 28 heteroatoms. The van der Waals surface area contributed by atoms with Crippen molar-refractivity contribution < 1.29 is 347 Å². The second kappa shape index (κ2) is 40.6. The van der Waals surface area contributed by atoms with Gasteiger partial charge in [-0.25, -0.2) is 0 Å². The Morgan fingerprint density at radius 2 is 0.417 bits per heavy atom. The van der Waals surface area contributed by atoms with E-state index in [2.05, 4.69) is 0 Å². The Hall–Kier alpha value is 4.92. The van der Waals surface area contributed by atoms with Crippen molar-refractivity contribution in [3.63, 3.8) is 0 Å². The molecule has 0 spiro atoms. The number of carbonyl (C=O) groups is 6. The molecule has 0 fully saturated rings. The molecule has 0 saturated carbocycles. The molecule has 0 aliphatic heterocycles. The first-order valence-corrected chi connectivity index (χ1v) is 16.0. The average molecular weight is 2660 g/mol. The summed E-state index contributed by atoms with van der Waals surface area (Å²) in [5.41, 5.74) is -11.0. The molecule has 0 bridgehead atoms. The van der Waals surface area contributed by atoms with Gasteiger partial charge in [-0.1, -0.05) is 0 Å². The van der Waals surface area contributed by atoms with Crippen LogP contribution < -0.4 is 0 Å². The second-order valence-corrected chi connectivity index (χ2v) is 14.2. The van der Waals surface area contributed by atoms with E-state index >= 15 is 0 Å². The van der Waals surface area contributed by atoms with Crippen LogP contribution in [-0.2, 0) is 57.2 Å². The molecule has 0 aliphatic rings. The minimum absolute atomic E-state index is 0. The van der Waals surface area contributed by atoms with Crippen molar-refractivity contribution in [1.82, 2.24) is 0 Å². The third-order valence-electron chi connectivity index (χ3n) is 8.39. The van der Waals surface area contributed by atoms with Crippen molar-refractivity contribution in [3.05, 3.63) is 0 Å². The smallest absolute Gasteiger partial charge is 0.318 e. The van der Waals surface area contributed by atoms with Gasteiger partial charge in [-0.05, 0) is 41.5 Å². The summed E-state index contributed by atoms with van der Waals surface area (Å²) in [7, 11) is 0. The molecule has 0 radical (unpaired) electrons. The minimum atomic E-state index is -1.97. The molecule has 0 saturated heterocycles. The Labute approximate surface area is 539 Å². The summed E-state index contributed by atoms with van der Waals surface area (Å²) in [4.78, 5) is 76.6. The normalized spacial score (nSPS) is 11.1. The third-order valence-corrected chi connectivity index (χ3v) is 8.39. The number of esters is 6. The minimum Gasteiger partial charge on any atom is -0.464 e. The summed E-state index contributed by atoms with van der Waals surface area (Å²) in [5.74, 6) is -6.82. The van der Waals surface area contributed by atoms with Gasteiger partial charge in [0.05, 0.1) is 52.9 Å². The van der Waals surface area contributed by atoms with Crippen LogP contribution in [0.1, 0.15) is 41.5 Å². The standard InChI is InChI=1S/C32H54O20.8U/c1-27(9-33,10-34)21(41)49-17-31(5,18-50-22(42)28(2,11-35)12-36)25(45)47-7-8-48-26(46)32(6,19-51-23(43)29(3,13-37)14-38)20-52-24(44)30(4,15-39)16-40;;;;;;;;/h33-40H,7-20H2,1-6H3;;;;;;;;. The van der Waals surface area contributed by atoms with Gasteiger partial charge in [-0.15, -0.1) is 0 Å². The maximum absolute atomic E-state index is 13.2. The van der Waals surface area contributed by atoms with Crippen LogP contribution in [0.2, 0.25) is 0 Å². The van der Waals surface area contributed by atoms with Crippen LogP contribution in [0, 0.1) is 281 Å². The zero-order valence-corrected chi connectivity index (χ0v) is 67.7. The topological polar surface area (TPSA) is 320 Å². The van der Waals surface area contributed by atoms with Gasteiger partial charge >= 0.3 is 35.8 Å². The van der Waals surface area contributed by atoms with E-state index in [9.17, 15) is 69.6 Å². The van der Waals surface area contributed by atoms with E-state index in [4.69, 9.17) is 28.4 Å². The monoisotopic (exact) mass is 2660 g/mol. The molecule has 0 rings (SSSR count). The molecular formula is C32H54O20U8. The van der Waals surface area contributed by atoms with Crippen LogP contribution >= 0.6 is 0 Å². The number of hydrogen-bond donors (Lipinski definition) is 8. The van der Waals surface area contributed by atoms with Crippen LogP contribution in [-0.4, -0.2) is 169 Å². The van der Waals surface area contributed by atoms with Crippen molar-refractivity contribution in [1.29, 1.82) is 0 Å². The fraction of sp³-hybridized carbons (Fsp3) is 0.812. The fourth-order valence-corrected chi connectivity index (χ4v) is 3.25. The average Bonchev–Trinajstić information content (AvgIpc) is 3.16. The first kappa shape index (κ1) is 84.8. The summed E-state index contributed by atoms with van der Waals surface area (Å²) < 4.78 is 30.9. The molecule has 0 heterocycles. The summed E-state index contributed by atoms with van der Waals surface area (Å²) in [6.45, 7) is -4.18. The van der Waals surface area contributed by atoms with Gasteiger partial charge in [0, 0.05) is 249 Å². The van der Waals surface area contributed by atoms with Gasteiger partial charge in [0.15, 0.2) is 0 Å². The predicted octanol–water partition coefficient (Wildman–Crippen LogP) is -3.78. The second-order valence-electron chi connectivity index (χ2n) is 14.2. The molecular weight excluding hydrogens is 2610 g/mol. The molecule has 334 valence electrons. The maximum Gasteiger partial charge on any atom is 0.318 e. The van der Waals surface area contributed by atoms with Crippen molar-refractivity contribution in [2.45, 2.75) is 41.5 Å². The van der Waals surface area contributed by atoms with Crippen molar-refractivity contribution in [3.8, 4) is 0 Å². The van der Waals surface area contributed by atoms with Crippen molar-refractivity contribution >= 4 is 35.8 Å². The molecule has 0 aromatic rings.